The number of carboxylic acid groups (broad SMARTS) is 1. The van der Waals surface area contributed by atoms with E-state index in [4.69, 9.17) is 9.84 Å². The van der Waals surface area contributed by atoms with Crippen LogP contribution in [-0.2, 0) is 17.8 Å². The number of nitrogens with zero attached hydrogens (tertiary/aromatic N) is 3. The zero-order valence-electron chi connectivity index (χ0n) is 19.1. The van der Waals surface area contributed by atoms with E-state index in [0.717, 1.165) is 11.1 Å². The number of hydrogen-bond acceptors (Lipinski definition) is 7. The van der Waals surface area contributed by atoms with E-state index in [9.17, 15) is 19.3 Å². The minimum Gasteiger partial charge on any atom is -0.494 e. The van der Waals surface area contributed by atoms with E-state index in [1.807, 2.05) is 17.0 Å². The number of thiazole rings is 1. The SMILES string of the molecule is COc1ccc(CCN(Cc2ccc(C#CC(=O)O)cc2)c2nc3cccc([N+](=O)[O-])c3s2)cc1F. The standard InChI is InChI=1S/C26H20FN3O5S/c1-35-23-11-9-18(15-20(23)27)13-14-29(16-19-7-5-17(6-8-19)10-12-24(31)32)26-28-21-3-2-4-22(30(33)34)25(21)36-26/h2-9,11,15H,13-14,16H2,1H3,(H,31,32). The Hall–Kier alpha value is -4.49. The first-order valence-electron chi connectivity index (χ1n) is 10.8. The third-order valence-electron chi connectivity index (χ3n) is 5.38. The number of carboxylic acids is 1. The van der Waals surface area contributed by atoms with E-state index < -0.39 is 16.7 Å². The second-order valence-electron chi connectivity index (χ2n) is 7.77. The van der Waals surface area contributed by atoms with Gasteiger partial charge in [-0.15, -0.1) is 0 Å². The molecule has 0 spiro atoms. The highest BCUT2D eigenvalue weighted by Crippen LogP contribution is 2.35. The number of halogens is 1. The molecule has 0 amide bonds. The normalized spacial score (nSPS) is 10.5. The molecule has 182 valence electrons. The molecule has 4 aromatic rings. The molecular formula is C26H20FN3O5S. The molecule has 10 heteroatoms. The van der Waals surface area contributed by atoms with Gasteiger partial charge in [0.25, 0.3) is 5.69 Å². The number of hydrogen-bond donors (Lipinski definition) is 1. The zero-order chi connectivity index (χ0) is 25.7. The van der Waals surface area contributed by atoms with Gasteiger partial charge in [0, 0.05) is 30.6 Å². The highest BCUT2D eigenvalue weighted by Gasteiger charge is 2.19. The first-order chi connectivity index (χ1) is 17.3. The van der Waals surface area contributed by atoms with E-state index in [-0.39, 0.29) is 11.4 Å². The summed E-state index contributed by atoms with van der Waals surface area (Å²) < 4.78 is 19.7. The number of nitro benzene ring substituents is 1. The molecule has 0 aliphatic rings. The van der Waals surface area contributed by atoms with Crippen LogP contribution in [0.4, 0.5) is 15.2 Å². The van der Waals surface area contributed by atoms with Gasteiger partial charge < -0.3 is 14.7 Å². The molecule has 1 heterocycles. The van der Waals surface area contributed by atoms with Crippen molar-refractivity contribution in [2.75, 3.05) is 18.6 Å². The van der Waals surface area contributed by atoms with E-state index in [1.54, 1.807) is 36.4 Å². The summed E-state index contributed by atoms with van der Waals surface area (Å²) >= 11 is 1.23. The summed E-state index contributed by atoms with van der Waals surface area (Å²) in [4.78, 5) is 28.3. The van der Waals surface area contributed by atoms with E-state index in [2.05, 4.69) is 16.8 Å². The fourth-order valence-corrected chi connectivity index (χ4v) is 4.69. The fraction of sp³-hybridized carbons (Fsp3) is 0.154. The summed E-state index contributed by atoms with van der Waals surface area (Å²) in [6.07, 6.45) is 0.501. The van der Waals surface area contributed by atoms with Crippen LogP contribution in [0.1, 0.15) is 16.7 Å². The van der Waals surface area contributed by atoms with Crippen molar-refractivity contribution >= 4 is 38.3 Å². The Labute approximate surface area is 209 Å². The van der Waals surface area contributed by atoms with Crippen LogP contribution >= 0.6 is 11.3 Å². The summed E-state index contributed by atoms with van der Waals surface area (Å²) in [6.45, 7) is 0.902. The van der Waals surface area contributed by atoms with Crippen molar-refractivity contribution < 1.29 is 24.0 Å². The molecule has 1 aromatic heterocycles. The second-order valence-corrected chi connectivity index (χ2v) is 8.75. The summed E-state index contributed by atoms with van der Waals surface area (Å²) in [7, 11) is 1.41. The minimum atomic E-state index is -1.20. The predicted molar refractivity (Wildman–Crippen MR) is 135 cm³/mol. The maximum absolute atomic E-state index is 14.2. The van der Waals surface area contributed by atoms with Gasteiger partial charge in [-0.25, -0.2) is 14.2 Å². The number of aromatic nitrogens is 1. The number of methoxy groups -OCH3 is 1. The monoisotopic (exact) mass is 505 g/mol. The van der Waals surface area contributed by atoms with Crippen LogP contribution in [-0.4, -0.2) is 34.6 Å². The van der Waals surface area contributed by atoms with Gasteiger partial charge in [0.05, 0.1) is 17.5 Å². The molecule has 0 bridgehead atoms. The number of ether oxygens (including phenoxy) is 1. The molecule has 0 atom stereocenters. The maximum Gasteiger partial charge on any atom is 0.382 e. The lowest BCUT2D eigenvalue weighted by Gasteiger charge is -2.22. The van der Waals surface area contributed by atoms with Gasteiger partial charge in [-0.1, -0.05) is 41.5 Å². The quantitative estimate of drug-likeness (QED) is 0.203. The number of rotatable bonds is 8. The van der Waals surface area contributed by atoms with Gasteiger partial charge in [0.15, 0.2) is 16.7 Å². The molecule has 0 fully saturated rings. The van der Waals surface area contributed by atoms with Gasteiger partial charge >= 0.3 is 5.97 Å². The van der Waals surface area contributed by atoms with Gasteiger partial charge in [-0.2, -0.15) is 0 Å². The maximum atomic E-state index is 14.2. The summed E-state index contributed by atoms with van der Waals surface area (Å²) in [6, 6.07) is 16.7. The molecule has 0 saturated carbocycles. The highest BCUT2D eigenvalue weighted by molar-refractivity contribution is 7.22. The summed E-state index contributed by atoms with van der Waals surface area (Å²) in [5.41, 5.74) is 2.77. The first kappa shape index (κ1) is 24.6. The predicted octanol–water partition coefficient (Wildman–Crippen LogP) is 5.04. The van der Waals surface area contributed by atoms with Crippen molar-refractivity contribution in [3.8, 4) is 17.6 Å². The Morgan fingerprint density at radius 1 is 1.19 bits per heavy atom. The van der Waals surface area contributed by atoms with Crippen molar-refractivity contribution in [3.05, 3.63) is 93.3 Å². The molecule has 1 N–H and O–H groups in total. The lowest BCUT2D eigenvalue weighted by Crippen LogP contribution is -2.25. The zero-order valence-corrected chi connectivity index (χ0v) is 19.9. The Morgan fingerprint density at radius 2 is 1.94 bits per heavy atom. The van der Waals surface area contributed by atoms with Gasteiger partial charge in [0.2, 0.25) is 0 Å². The number of aliphatic carboxylic acids is 1. The first-order valence-corrected chi connectivity index (χ1v) is 11.6. The Kier molecular flexibility index (Phi) is 7.42. The minimum absolute atomic E-state index is 0.00483. The molecular weight excluding hydrogens is 485 g/mol. The molecule has 36 heavy (non-hydrogen) atoms. The Bertz CT molecular complexity index is 1490. The molecule has 0 unspecified atom stereocenters. The van der Waals surface area contributed by atoms with E-state index in [0.29, 0.717) is 40.4 Å². The van der Waals surface area contributed by atoms with Crippen LogP contribution in [0.5, 0.6) is 5.75 Å². The Balaban J connectivity index is 1.63. The fourth-order valence-electron chi connectivity index (χ4n) is 3.61. The second kappa shape index (κ2) is 10.8. The topological polar surface area (TPSA) is 106 Å². The van der Waals surface area contributed by atoms with Crippen LogP contribution in [0.2, 0.25) is 0 Å². The molecule has 4 rings (SSSR count). The molecule has 0 aliphatic heterocycles. The number of anilines is 1. The molecule has 0 saturated heterocycles. The van der Waals surface area contributed by atoms with Crippen molar-refractivity contribution in [1.29, 1.82) is 0 Å². The van der Waals surface area contributed by atoms with E-state index >= 15 is 0 Å². The Morgan fingerprint density at radius 3 is 2.61 bits per heavy atom. The van der Waals surface area contributed by atoms with E-state index in [1.165, 1.54) is 30.6 Å². The van der Waals surface area contributed by atoms with Crippen molar-refractivity contribution in [2.24, 2.45) is 0 Å². The summed E-state index contributed by atoms with van der Waals surface area (Å²) in [5.74, 6) is 3.17. The van der Waals surface area contributed by atoms with Crippen molar-refractivity contribution in [2.45, 2.75) is 13.0 Å². The van der Waals surface area contributed by atoms with Crippen LogP contribution in [0, 0.1) is 27.8 Å². The molecule has 8 nitrogen and oxygen atoms in total. The summed E-state index contributed by atoms with van der Waals surface area (Å²) in [5, 5.41) is 20.8. The number of nitro groups is 1. The highest BCUT2D eigenvalue weighted by atomic mass is 32.1. The largest absolute Gasteiger partial charge is 0.494 e. The smallest absolute Gasteiger partial charge is 0.382 e. The number of fused-ring (bicyclic) bond motifs is 1. The van der Waals surface area contributed by atoms with Gasteiger partial charge in [0.1, 0.15) is 4.70 Å². The lowest BCUT2D eigenvalue weighted by molar-refractivity contribution is -0.382. The molecule has 0 radical (unpaired) electrons. The van der Waals surface area contributed by atoms with Crippen molar-refractivity contribution in [3.63, 3.8) is 0 Å². The van der Waals surface area contributed by atoms with Crippen LogP contribution in [0.25, 0.3) is 10.2 Å². The number of carbonyl (C=O) groups is 1. The molecule has 0 aliphatic carbocycles. The molecule has 3 aromatic carbocycles. The average Bonchev–Trinajstić information content (AvgIpc) is 3.30. The van der Waals surface area contributed by atoms with Gasteiger partial charge in [-0.3, -0.25) is 10.1 Å². The number of benzene rings is 3. The third-order valence-corrected chi connectivity index (χ3v) is 6.53. The third kappa shape index (κ3) is 5.76. The lowest BCUT2D eigenvalue weighted by atomic mass is 10.1. The van der Waals surface area contributed by atoms with Gasteiger partial charge in [-0.05, 0) is 47.9 Å². The average molecular weight is 506 g/mol. The number of non-ortho nitro benzene ring substituents is 1. The van der Waals surface area contributed by atoms with Crippen LogP contribution in [0.3, 0.4) is 0 Å². The van der Waals surface area contributed by atoms with Crippen molar-refractivity contribution in [1.82, 2.24) is 4.98 Å². The van der Waals surface area contributed by atoms with Crippen LogP contribution < -0.4 is 9.64 Å². The van der Waals surface area contributed by atoms with Crippen LogP contribution in [0.15, 0.2) is 60.7 Å².